The van der Waals surface area contributed by atoms with Gasteiger partial charge in [0.1, 0.15) is 0 Å². The number of sulfone groups is 1. The van der Waals surface area contributed by atoms with Crippen LogP contribution >= 0.6 is 0 Å². The molecule has 6 heteroatoms. The van der Waals surface area contributed by atoms with Crippen LogP contribution in [-0.4, -0.2) is 69.6 Å². The summed E-state index contributed by atoms with van der Waals surface area (Å²) in [6, 6.07) is 0. The maximum Gasteiger partial charge on any atom is 0.151 e. The maximum absolute atomic E-state index is 11.2. The molecule has 0 aromatic carbocycles. The topological polar surface area (TPSA) is 52.7 Å². The van der Waals surface area contributed by atoms with Gasteiger partial charge in [0.2, 0.25) is 0 Å². The molecular weight excluding hydrogens is 214 g/mol. The first-order valence-corrected chi connectivity index (χ1v) is 7.23. The van der Waals surface area contributed by atoms with E-state index in [2.05, 4.69) is 22.4 Å². The Morgan fingerprint density at radius 3 is 2.33 bits per heavy atom. The third-order valence-corrected chi connectivity index (χ3v) is 4.40. The van der Waals surface area contributed by atoms with E-state index in [1.54, 1.807) is 6.92 Å². The molecule has 15 heavy (non-hydrogen) atoms. The van der Waals surface area contributed by atoms with Crippen LogP contribution in [0.25, 0.3) is 0 Å². The van der Waals surface area contributed by atoms with E-state index < -0.39 is 9.84 Å². The largest absolute Gasteiger partial charge is 0.304 e. The van der Waals surface area contributed by atoms with Crippen LogP contribution in [0, 0.1) is 0 Å². The molecule has 1 aliphatic heterocycles. The smallest absolute Gasteiger partial charge is 0.151 e. The fraction of sp³-hybridized carbons (Fsp3) is 1.00. The molecule has 0 aromatic rings. The van der Waals surface area contributed by atoms with Crippen molar-refractivity contribution in [1.82, 2.24) is 15.3 Å². The molecule has 0 spiro atoms. The van der Waals surface area contributed by atoms with Crippen LogP contribution in [0.3, 0.4) is 0 Å². The van der Waals surface area contributed by atoms with Gasteiger partial charge in [0.05, 0.1) is 5.75 Å². The second-order valence-electron chi connectivity index (χ2n) is 3.93. The van der Waals surface area contributed by atoms with Gasteiger partial charge in [-0.05, 0) is 7.05 Å². The second kappa shape index (κ2) is 5.79. The van der Waals surface area contributed by atoms with Crippen LogP contribution in [0.2, 0.25) is 0 Å². The highest BCUT2D eigenvalue weighted by molar-refractivity contribution is 7.91. The summed E-state index contributed by atoms with van der Waals surface area (Å²) in [7, 11) is -0.735. The normalized spacial score (nSPS) is 20.7. The fourth-order valence-corrected chi connectivity index (χ4v) is 2.16. The van der Waals surface area contributed by atoms with E-state index >= 15 is 0 Å². The van der Waals surface area contributed by atoms with Crippen molar-refractivity contribution < 1.29 is 8.42 Å². The number of rotatable bonds is 5. The van der Waals surface area contributed by atoms with E-state index in [4.69, 9.17) is 0 Å². The third kappa shape index (κ3) is 4.92. The molecule has 1 fully saturated rings. The highest BCUT2D eigenvalue weighted by atomic mass is 32.2. The Morgan fingerprint density at radius 2 is 1.80 bits per heavy atom. The summed E-state index contributed by atoms with van der Waals surface area (Å²) in [5.41, 5.74) is 3.16. The molecule has 0 atom stereocenters. The molecule has 0 aliphatic carbocycles. The van der Waals surface area contributed by atoms with Crippen molar-refractivity contribution >= 4 is 9.84 Å². The Hall–Kier alpha value is -0.170. The molecule has 1 aliphatic rings. The number of piperazine rings is 1. The van der Waals surface area contributed by atoms with Crippen molar-refractivity contribution in [3.05, 3.63) is 0 Å². The first-order chi connectivity index (χ1) is 7.03. The molecule has 0 radical (unpaired) electrons. The van der Waals surface area contributed by atoms with Gasteiger partial charge in [0.15, 0.2) is 9.84 Å². The minimum absolute atomic E-state index is 0.232. The van der Waals surface area contributed by atoms with E-state index in [0.717, 1.165) is 26.2 Å². The Balaban J connectivity index is 2.16. The molecule has 1 heterocycles. The van der Waals surface area contributed by atoms with E-state index in [-0.39, 0.29) is 11.5 Å². The van der Waals surface area contributed by atoms with Crippen LogP contribution in [0.5, 0.6) is 0 Å². The summed E-state index contributed by atoms with van der Waals surface area (Å²) in [5, 5.41) is 2.10. The Morgan fingerprint density at radius 1 is 1.20 bits per heavy atom. The molecule has 0 aromatic heterocycles. The lowest BCUT2D eigenvalue weighted by molar-refractivity contribution is 0.107. The lowest BCUT2D eigenvalue weighted by Crippen LogP contribution is -2.51. The minimum Gasteiger partial charge on any atom is -0.304 e. The average Bonchev–Trinajstić information content (AvgIpc) is 2.21. The van der Waals surface area contributed by atoms with Gasteiger partial charge in [-0.2, -0.15) is 0 Å². The molecule has 90 valence electrons. The van der Waals surface area contributed by atoms with E-state index in [1.165, 1.54) is 0 Å². The Labute approximate surface area is 92.3 Å². The monoisotopic (exact) mass is 235 g/mol. The molecule has 0 unspecified atom stereocenters. The van der Waals surface area contributed by atoms with E-state index in [1.807, 2.05) is 0 Å². The van der Waals surface area contributed by atoms with Crippen LogP contribution < -0.4 is 5.43 Å². The lowest BCUT2D eigenvalue weighted by atomic mass is 10.4. The maximum atomic E-state index is 11.2. The lowest BCUT2D eigenvalue weighted by Gasteiger charge is -2.32. The zero-order valence-corrected chi connectivity index (χ0v) is 10.4. The third-order valence-electron chi connectivity index (χ3n) is 2.69. The highest BCUT2D eigenvalue weighted by Crippen LogP contribution is 1.95. The zero-order chi connectivity index (χ0) is 11.3. The summed E-state index contributed by atoms with van der Waals surface area (Å²) < 4.78 is 22.5. The fourth-order valence-electron chi connectivity index (χ4n) is 1.47. The summed E-state index contributed by atoms with van der Waals surface area (Å²) >= 11 is 0. The van der Waals surface area contributed by atoms with Gasteiger partial charge in [-0.25, -0.2) is 13.4 Å². The van der Waals surface area contributed by atoms with Crippen molar-refractivity contribution in [2.45, 2.75) is 6.92 Å². The van der Waals surface area contributed by atoms with Crippen LogP contribution in [0.15, 0.2) is 0 Å². The number of hydrogen-bond acceptors (Lipinski definition) is 5. The van der Waals surface area contributed by atoms with Crippen molar-refractivity contribution in [2.75, 3.05) is 51.3 Å². The van der Waals surface area contributed by atoms with E-state index in [0.29, 0.717) is 6.54 Å². The van der Waals surface area contributed by atoms with Crippen LogP contribution in [-0.2, 0) is 9.84 Å². The van der Waals surface area contributed by atoms with Gasteiger partial charge >= 0.3 is 0 Å². The first kappa shape index (κ1) is 12.9. The molecule has 0 saturated carbocycles. The molecule has 1 N–H and O–H groups in total. The minimum atomic E-state index is -2.83. The summed E-state index contributed by atoms with van der Waals surface area (Å²) in [5.74, 6) is 0.466. The quantitative estimate of drug-likeness (QED) is 0.674. The SMILES string of the molecule is CCS(=O)(=O)CCNN1CCN(C)CC1. The number of hydrazine groups is 1. The molecule has 1 saturated heterocycles. The predicted molar refractivity (Wildman–Crippen MR) is 61.4 cm³/mol. The highest BCUT2D eigenvalue weighted by Gasteiger charge is 2.14. The van der Waals surface area contributed by atoms with Gasteiger partial charge in [-0.3, -0.25) is 5.43 Å². The molecule has 0 bridgehead atoms. The molecule has 1 rings (SSSR count). The predicted octanol–water partition coefficient (Wildman–Crippen LogP) is -0.827. The van der Waals surface area contributed by atoms with Crippen molar-refractivity contribution in [1.29, 1.82) is 0 Å². The average molecular weight is 235 g/mol. The van der Waals surface area contributed by atoms with Gasteiger partial charge in [0.25, 0.3) is 0 Å². The van der Waals surface area contributed by atoms with Crippen LogP contribution in [0.1, 0.15) is 6.92 Å². The number of hydrogen-bond donors (Lipinski definition) is 1. The molecule has 5 nitrogen and oxygen atoms in total. The Kier molecular flexibility index (Phi) is 4.98. The van der Waals surface area contributed by atoms with Crippen molar-refractivity contribution in [2.24, 2.45) is 0 Å². The molecular formula is C9H21N3O2S. The van der Waals surface area contributed by atoms with Gasteiger partial charge < -0.3 is 4.90 Å². The summed E-state index contributed by atoms with van der Waals surface area (Å²) in [6.07, 6.45) is 0. The van der Waals surface area contributed by atoms with Gasteiger partial charge in [-0.15, -0.1) is 0 Å². The van der Waals surface area contributed by atoms with E-state index in [9.17, 15) is 8.42 Å². The zero-order valence-electron chi connectivity index (χ0n) is 9.57. The van der Waals surface area contributed by atoms with Crippen molar-refractivity contribution in [3.8, 4) is 0 Å². The molecule has 0 amide bonds. The summed E-state index contributed by atoms with van der Waals surface area (Å²) in [6.45, 7) is 6.21. The second-order valence-corrected chi connectivity index (χ2v) is 6.41. The summed E-state index contributed by atoms with van der Waals surface area (Å²) in [4.78, 5) is 2.26. The Bertz CT molecular complexity index is 271. The first-order valence-electron chi connectivity index (χ1n) is 5.41. The number of nitrogens with zero attached hydrogens (tertiary/aromatic N) is 2. The van der Waals surface area contributed by atoms with Crippen molar-refractivity contribution in [3.63, 3.8) is 0 Å². The van der Waals surface area contributed by atoms with Gasteiger partial charge in [-0.1, -0.05) is 6.92 Å². The number of likely N-dealkylation sites (N-methyl/N-ethyl adjacent to an activating group) is 1. The van der Waals surface area contributed by atoms with Gasteiger partial charge in [0, 0.05) is 38.5 Å². The standard InChI is InChI=1S/C9H21N3O2S/c1-3-15(13,14)9-4-10-12-7-5-11(2)6-8-12/h10H,3-9H2,1-2H3. The van der Waals surface area contributed by atoms with Crippen LogP contribution in [0.4, 0.5) is 0 Å². The number of nitrogens with one attached hydrogen (secondary N) is 1.